The van der Waals surface area contributed by atoms with Crippen LogP contribution < -0.4 is 4.72 Å². The highest BCUT2D eigenvalue weighted by atomic mass is 79.9. The molecule has 122 valence electrons. The van der Waals surface area contributed by atoms with Crippen molar-refractivity contribution >= 4 is 26.0 Å². The van der Waals surface area contributed by atoms with E-state index in [0.29, 0.717) is 25.2 Å². The summed E-state index contributed by atoms with van der Waals surface area (Å²) in [5.41, 5.74) is 2.60. The summed E-state index contributed by atoms with van der Waals surface area (Å²) in [5, 5.41) is 8.36. The molecule has 0 radical (unpaired) electrons. The van der Waals surface area contributed by atoms with E-state index in [0.717, 1.165) is 15.9 Å². The monoisotopic (exact) mass is 389 g/mol. The first-order chi connectivity index (χ1) is 10.2. The van der Waals surface area contributed by atoms with E-state index >= 15 is 0 Å². The number of hydrogen-bond acceptors (Lipinski definition) is 4. The minimum absolute atomic E-state index is 0.226. The number of aromatic nitrogens is 4. The first kappa shape index (κ1) is 17.2. The van der Waals surface area contributed by atoms with Crippen LogP contribution in [0.3, 0.4) is 0 Å². The Hall–Kier alpha value is -1.19. The molecule has 0 aliphatic carbocycles. The van der Waals surface area contributed by atoms with E-state index in [4.69, 9.17) is 0 Å². The maximum atomic E-state index is 12.2. The number of hydrogen-bond donors (Lipinski definition) is 1. The Labute approximate surface area is 138 Å². The molecular weight excluding hydrogens is 370 g/mol. The Kier molecular flexibility index (Phi) is 5.08. The molecule has 0 atom stereocenters. The summed E-state index contributed by atoms with van der Waals surface area (Å²) < 4.78 is 31.4. The number of rotatable bonds is 6. The molecule has 0 saturated carbocycles. The molecule has 7 nitrogen and oxygen atoms in total. The van der Waals surface area contributed by atoms with Crippen molar-refractivity contribution in [1.82, 2.24) is 24.3 Å². The zero-order chi connectivity index (χ0) is 16.5. The van der Waals surface area contributed by atoms with Crippen molar-refractivity contribution in [3.63, 3.8) is 0 Å². The highest BCUT2D eigenvalue weighted by molar-refractivity contribution is 9.10. The Morgan fingerprint density at radius 3 is 2.45 bits per heavy atom. The quantitative estimate of drug-likeness (QED) is 0.761. The van der Waals surface area contributed by atoms with Gasteiger partial charge in [-0.2, -0.15) is 10.2 Å². The standard InChI is InChI=1S/C13H20BrN5O2S/c1-9-13(14)11(3)19(17-9)7-5-6-16-22(20,21)12-8-15-18(4)10(12)2/h8,16H,5-7H2,1-4H3. The molecule has 9 heteroatoms. The van der Waals surface area contributed by atoms with Gasteiger partial charge in [-0.05, 0) is 43.1 Å². The molecule has 0 saturated heterocycles. The normalized spacial score (nSPS) is 12.0. The Bertz CT molecular complexity index is 779. The molecule has 0 aromatic carbocycles. The van der Waals surface area contributed by atoms with Gasteiger partial charge in [-0.15, -0.1) is 0 Å². The van der Waals surface area contributed by atoms with Gasteiger partial charge in [0, 0.05) is 25.8 Å². The van der Waals surface area contributed by atoms with Gasteiger partial charge in [0.2, 0.25) is 10.0 Å². The van der Waals surface area contributed by atoms with Crippen LogP contribution in [0.4, 0.5) is 0 Å². The maximum absolute atomic E-state index is 12.2. The van der Waals surface area contributed by atoms with Crippen LogP contribution in [-0.4, -0.2) is 34.5 Å². The third-order valence-corrected chi connectivity index (χ3v) is 6.32. The van der Waals surface area contributed by atoms with E-state index in [-0.39, 0.29) is 4.90 Å². The summed E-state index contributed by atoms with van der Waals surface area (Å²) in [5.74, 6) is 0. The summed E-state index contributed by atoms with van der Waals surface area (Å²) in [4.78, 5) is 0.226. The Morgan fingerprint density at radius 2 is 1.95 bits per heavy atom. The first-order valence-corrected chi connectivity index (χ1v) is 9.19. The summed E-state index contributed by atoms with van der Waals surface area (Å²) >= 11 is 3.48. The van der Waals surface area contributed by atoms with E-state index in [1.54, 1.807) is 18.7 Å². The molecule has 0 aliphatic heterocycles. The zero-order valence-corrected chi connectivity index (χ0v) is 15.5. The van der Waals surface area contributed by atoms with Crippen molar-refractivity contribution < 1.29 is 8.42 Å². The predicted molar refractivity (Wildman–Crippen MR) is 87.2 cm³/mol. The lowest BCUT2D eigenvalue weighted by Gasteiger charge is -2.07. The minimum atomic E-state index is -3.51. The lowest BCUT2D eigenvalue weighted by atomic mass is 10.4. The third kappa shape index (κ3) is 3.41. The van der Waals surface area contributed by atoms with Crippen LogP contribution in [-0.2, 0) is 23.6 Å². The lowest BCUT2D eigenvalue weighted by molar-refractivity contribution is 0.543. The van der Waals surface area contributed by atoms with Crippen LogP contribution in [0.25, 0.3) is 0 Å². The molecule has 0 amide bonds. The van der Waals surface area contributed by atoms with Gasteiger partial charge in [-0.25, -0.2) is 13.1 Å². The topological polar surface area (TPSA) is 81.8 Å². The molecule has 0 spiro atoms. The van der Waals surface area contributed by atoms with Gasteiger partial charge in [-0.3, -0.25) is 9.36 Å². The number of sulfonamides is 1. The van der Waals surface area contributed by atoms with Crippen molar-refractivity contribution in [3.05, 3.63) is 27.8 Å². The van der Waals surface area contributed by atoms with E-state index in [9.17, 15) is 8.42 Å². The van der Waals surface area contributed by atoms with E-state index in [1.807, 2.05) is 18.5 Å². The Balaban J connectivity index is 1.93. The smallest absolute Gasteiger partial charge is 0.243 e. The first-order valence-electron chi connectivity index (χ1n) is 6.92. The molecule has 22 heavy (non-hydrogen) atoms. The summed E-state index contributed by atoms with van der Waals surface area (Å²) in [6.07, 6.45) is 2.03. The number of nitrogens with one attached hydrogen (secondary N) is 1. The second-order valence-electron chi connectivity index (χ2n) is 5.18. The fraction of sp³-hybridized carbons (Fsp3) is 0.538. The maximum Gasteiger partial charge on any atom is 0.243 e. The molecule has 0 aliphatic rings. The zero-order valence-electron chi connectivity index (χ0n) is 13.1. The second kappa shape index (κ2) is 6.51. The molecule has 2 aromatic rings. The van der Waals surface area contributed by atoms with E-state index in [2.05, 4.69) is 30.8 Å². The van der Waals surface area contributed by atoms with Gasteiger partial charge < -0.3 is 0 Å². The van der Waals surface area contributed by atoms with Crippen LogP contribution in [0.5, 0.6) is 0 Å². The molecule has 0 fully saturated rings. The van der Waals surface area contributed by atoms with Crippen LogP contribution >= 0.6 is 15.9 Å². The molecule has 2 rings (SSSR count). The predicted octanol–water partition coefficient (Wildman–Crippen LogP) is 1.67. The summed E-state index contributed by atoms with van der Waals surface area (Å²) in [6.45, 7) is 6.66. The van der Waals surface area contributed by atoms with Crippen molar-refractivity contribution in [2.24, 2.45) is 7.05 Å². The fourth-order valence-corrected chi connectivity index (χ4v) is 3.71. The average Bonchev–Trinajstić information content (AvgIpc) is 2.91. The lowest BCUT2D eigenvalue weighted by Crippen LogP contribution is -2.26. The molecule has 2 aromatic heterocycles. The van der Waals surface area contributed by atoms with Crippen LogP contribution in [0.15, 0.2) is 15.6 Å². The highest BCUT2D eigenvalue weighted by Crippen LogP contribution is 2.19. The van der Waals surface area contributed by atoms with Crippen LogP contribution in [0, 0.1) is 20.8 Å². The van der Waals surface area contributed by atoms with Crippen molar-refractivity contribution in [3.8, 4) is 0 Å². The number of aryl methyl sites for hydroxylation is 3. The van der Waals surface area contributed by atoms with Crippen LogP contribution in [0.1, 0.15) is 23.5 Å². The fourth-order valence-electron chi connectivity index (χ4n) is 2.15. The largest absolute Gasteiger partial charge is 0.272 e. The third-order valence-electron chi connectivity index (χ3n) is 3.61. The molecule has 2 heterocycles. The molecule has 0 bridgehead atoms. The van der Waals surface area contributed by atoms with Gasteiger partial charge in [0.25, 0.3) is 0 Å². The van der Waals surface area contributed by atoms with Gasteiger partial charge >= 0.3 is 0 Å². The van der Waals surface area contributed by atoms with Gasteiger partial charge in [0.1, 0.15) is 4.90 Å². The number of nitrogens with zero attached hydrogens (tertiary/aromatic N) is 4. The van der Waals surface area contributed by atoms with Crippen molar-refractivity contribution in [2.75, 3.05) is 6.54 Å². The summed E-state index contributed by atoms with van der Waals surface area (Å²) in [7, 11) is -1.79. The molecule has 1 N–H and O–H groups in total. The van der Waals surface area contributed by atoms with Gasteiger partial charge in [0.05, 0.1) is 22.1 Å². The van der Waals surface area contributed by atoms with Gasteiger partial charge in [0.15, 0.2) is 0 Å². The van der Waals surface area contributed by atoms with E-state index < -0.39 is 10.0 Å². The van der Waals surface area contributed by atoms with Gasteiger partial charge in [-0.1, -0.05) is 0 Å². The number of halogens is 1. The second-order valence-corrected chi connectivity index (χ2v) is 7.71. The highest BCUT2D eigenvalue weighted by Gasteiger charge is 2.19. The van der Waals surface area contributed by atoms with Crippen LogP contribution in [0.2, 0.25) is 0 Å². The average molecular weight is 390 g/mol. The SMILES string of the molecule is Cc1nn(CCCNS(=O)(=O)c2cnn(C)c2C)c(C)c1Br. The molecular formula is C13H20BrN5O2S. The van der Waals surface area contributed by atoms with Crippen molar-refractivity contribution in [2.45, 2.75) is 38.6 Å². The Morgan fingerprint density at radius 1 is 1.27 bits per heavy atom. The molecule has 0 unspecified atom stereocenters. The minimum Gasteiger partial charge on any atom is -0.272 e. The van der Waals surface area contributed by atoms with Crippen molar-refractivity contribution in [1.29, 1.82) is 0 Å². The van der Waals surface area contributed by atoms with E-state index in [1.165, 1.54) is 6.20 Å². The summed E-state index contributed by atoms with van der Waals surface area (Å²) in [6, 6.07) is 0.